The first-order valence-electron chi connectivity index (χ1n) is 5.21. The van der Waals surface area contributed by atoms with Crippen LogP contribution >= 0.6 is 27.5 Å². The van der Waals surface area contributed by atoms with E-state index in [-0.39, 0.29) is 17.6 Å². The summed E-state index contributed by atoms with van der Waals surface area (Å²) < 4.78 is 0.476. The van der Waals surface area contributed by atoms with Gasteiger partial charge in [-0.25, -0.2) is 0 Å². The molecular weight excluding hydrogens is 307 g/mol. The van der Waals surface area contributed by atoms with Crippen LogP contribution in [0.1, 0.15) is 6.42 Å². The second-order valence-electron chi connectivity index (χ2n) is 4.07. The molecule has 1 amide bonds. The first-order chi connectivity index (χ1) is 8.02. The summed E-state index contributed by atoms with van der Waals surface area (Å²) in [6.07, 6.45) is 0.417. The maximum absolute atomic E-state index is 11.8. The van der Waals surface area contributed by atoms with Crippen LogP contribution in [0.2, 0.25) is 5.02 Å². The van der Waals surface area contributed by atoms with Gasteiger partial charge in [-0.15, -0.1) is 0 Å². The Kier molecular flexibility index (Phi) is 3.61. The van der Waals surface area contributed by atoms with Crippen molar-refractivity contribution in [3.05, 3.63) is 21.6 Å². The number of nitrogens with zero attached hydrogens (tertiary/aromatic N) is 1. The Morgan fingerprint density at radius 1 is 1.59 bits per heavy atom. The zero-order chi connectivity index (χ0) is 12.6. The van der Waals surface area contributed by atoms with E-state index in [1.54, 1.807) is 12.1 Å². The highest BCUT2D eigenvalue weighted by molar-refractivity contribution is 9.10. The van der Waals surface area contributed by atoms with Crippen LogP contribution < -0.4 is 10.6 Å². The van der Waals surface area contributed by atoms with Gasteiger partial charge in [0.25, 0.3) is 0 Å². The summed E-state index contributed by atoms with van der Waals surface area (Å²) in [5.41, 5.74) is 5.99. The van der Waals surface area contributed by atoms with E-state index >= 15 is 0 Å². The minimum atomic E-state index is -0.0371. The summed E-state index contributed by atoms with van der Waals surface area (Å²) in [6, 6.07) is 3.17. The smallest absolute Gasteiger partial charge is 0.227 e. The van der Waals surface area contributed by atoms with Crippen LogP contribution in [0.15, 0.2) is 16.6 Å². The van der Waals surface area contributed by atoms with E-state index in [4.69, 9.17) is 17.3 Å². The summed E-state index contributed by atoms with van der Waals surface area (Å²) in [5, 5.41) is 10.4. The van der Waals surface area contributed by atoms with Crippen molar-refractivity contribution in [1.29, 1.82) is 0 Å². The molecule has 0 saturated carbocycles. The second kappa shape index (κ2) is 4.84. The number of phenolic OH excluding ortho intramolecular Hbond substituents is 1. The normalized spacial score (nSPS) is 20.1. The fraction of sp³-hybridized carbons (Fsp3) is 0.364. The van der Waals surface area contributed by atoms with Crippen LogP contribution in [0.4, 0.5) is 5.69 Å². The topological polar surface area (TPSA) is 66.6 Å². The third-order valence-electron chi connectivity index (χ3n) is 2.84. The molecule has 1 aromatic carbocycles. The first-order valence-corrected chi connectivity index (χ1v) is 6.38. The Balaban J connectivity index is 2.38. The Hall–Kier alpha value is -0.780. The second-order valence-corrected chi connectivity index (χ2v) is 5.36. The fourth-order valence-electron chi connectivity index (χ4n) is 1.93. The minimum absolute atomic E-state index is 0.0282. The molecule has 1 unspecified atom stereocenters. The van der Waals surface area contributed by atoms with E-state index in [2.05, 4.69) is 15.9 Å². The molecule has 2 rings (SSSR count). The van der Waals surface area contributed by atoms with Crippen LogP contribution in [0, 0.1) is 5.92 Å². The molecule has 1 atom stereocenters. The molecule has 0 radical (unpaired) electrons. The van der Waals surface area contributed by atoms with Crippen molar-refractivity contribution in [2.45, 2.75) is 6.42 Å². The van der Waals surface area contributed by atoms with Crippen molar-refractivity contribution in [3.8, 4) is 5.75 Å². The number of amides is 1. The van der Waals surface area contributed by atoms with Gasteiger partial charge in [0.05, 0.1) is 10.2 Å². The van der Waals surface area contributed by atoms with Crippen molar-refractivity contribution in [2.24, 2.45) is 11.7 Å². The van der Waals surface area contributed by atoms with Crippen molar-refractivity contribution in [3.63, 3.8) is 0 Å². The lowest BCUT2D eigenvalue weighted by molar-refractivity contribution is -0.117. The molecule has 0 bridgehead atoms. The fourth-order valence-corrected chi connectivity index (χ4v) is 2.72. The van der Waals surface area contributed by atoms with E-state index in [9.17, 15) is 9.90 Å². The molecule has 1 aliphatic heterocycles. The molecule has 3 N–H and O–H groups in total. The lowest BCUT2D eigenvalue weighted by Gasteiger charge is -2.19. The number of halogens is 2. The van der Waals surface area contributed by atoms with Crippen molar-refractivity contribution < 1.29 is 9.90 Å². The molecule has 6 heteroatoms. The van der Waals surface area contributed by atoms with Gasteiger partial charge in [0.2, 0.25) is 5.91 Å². The summed E-state index contributed by atoms with van der Waals surface area (Å²) in [7, 11) is 0. The van der Waals surface area contributed by atoms with Crippen LogP contribution in [-0.2, 0) is 4.79 Å². The third-order valence-corrected chi connectivity index (χ3v) is 3.66. The van der Waals surface area contributed by atoms with Gasteiger partial charge in [0.1, 0.15) is 0 Å². The molecule has 1 saturated heterocycles. The van der Waals surface area contributed by atoms with Gasteiger partial charge in [-0.3, -0.25) is 4.79 Å². The number of phenols is 1. The molecule has 92 valence electrons. The van der Waals surface area contributed by atoms with Crippen molar-refractivity contribution in [2.75, 3.05) is 18.0 Å². The number of benzene rings is 1. The Morgan fingerprint density at radius 2 is 2.29 bits per heavy atom. The summed E-state index contributed by atoms with van der Waals surface area (Å²) in [6.45, 7) is 0.987. The largest absolute Gasteiger partial charge is 0.505 e. The summed E-state index contributed by atoms with van der Waals surface area (Å²) >= 11 is 9.11. The molecular formula is C11H12BrClN2O2. The minimum Gasteiger partial charge on any atom is -0.505 e. The van der Waals surface area contributed by atoms with Gasteiger partial charge in [-0.05, 0) is 40.5 Å². The van der Waals surface area contributed by atoms with Gasteiger partial charge < -0.3 is 15.7 Å². The SMILES string of the molecule is NCC1CC(=O)N(c2cc(Cl)cc(Br)c2O)C1. The molecule has 0 spiro atoms. The number of nitrogens with two attached hydrogens (primary N) is 1. The van der Waals surface area contributed by atoms with Crippen LogP contribution in [0.5, 0.6) is 5.75 Å². The zero-order valence-electron chi connectivity index (χ0n) is 8.99. The maximum Gasteiger partial charge on any atom is 0.227 e. The van der Waals surface area contributed by atoms with Gasteiger partial charge in [0, 0.05) is 18.0 Å². The molecule has 4 nitrogen and oxygen atoms in total. The highest BCUT2D eigenvalue weighted by Gasteiger charge is 2.31. The predicted molar refractivity (Wildman–Crippen MR) is 70.3 cm³/mol. The molecule has 0 aromatic heterocycles. The number of aromatic hydroxyl groups is 1. The van der Waals surface area contributed by atoms with Crippen molar-refractivity contribution in [1.82, 2.24) is 0 Å². The predicted octanol–water partition coefficient (Wildman–Crippen LogP) is 2.12. The Bertz CT molecular complexity index is 467. The average Bonchev–Trinajstić information content (AvgIpc) is 2.65. The Morgan fingerprint density at radius 3 is 2.88 bits per heavy atom. The van der Waals surface area contributed by atoms with E-state index in [0.29, 0.717) is 34.7 Å². The number of carbonyl (C=O) groups excluding carboxylic acids is 1. The van der Waals surface area contributed by atoms with E-state index in [1.165, 1.54) is 4.90 Å². The van der Waals surface area contributed by atoms with E-state index in [1.807, 2.05) is 0 Å². The molecule has 1 fully saturated rings. The third kappa shape index (κ3) is 2.41. The van der Waals surface area contributed by atoms with Crippen LogP contribution in [-0.4, -0.2) is 24.1 Å². The summed E-state index contributed by atoms with van der Waals surface area (Å²) in [4.78, 5) is 13.4. The summed E-state index contributed by atoms with van der Waals surface area (Å²) in [5.74, 6) is 0.130. The quantitative estimate of drug-likeness (QED) is 0.877. The van der Waals surface area contributed by atoms with Crippen molar-refractivity contribution >= 4 is 39.1 Å². The number of hydrogen-bond acceptors (Lipinski definition) is 3. The van der Waals surface area contributed by atoms with Crippen LogP contribution in [0.25, 0.3) is 0 Å². The van der Waals surface area contributed by atoms with E-state index < -0.39 is 0 Å². The molecule has 1 aromatic rings. The monoisotopic (exact) mass is 318 g/mol. The lowest BCUT2D eigenvalue weighted by Crippen LogP contribution is -2.25. The maximum atomic E-state index is 11.8. The number of rotatable bonds is 2. The van der Waals surface area contributed by atoms with Gasteiger partial charge >= 0.3 is 0 Å². The first kappa shape index (κ1) is 12.7. The standard InChI is InChI=1S/C11H12BrClN2O2/c12-8-2-7(13)3-9(11(8)17)15-5-6(4-14)1-10(15)16/h2-3,6,17H,1,4-5,14H2. The Labute approximate surface area is 112 Å². The van der Waals surface area contributed by atoms with Gasteiger partial charge in [0.15, 0.2) is 5.75 Å². The number of hydrogen-bond donors (Lipinski definition) is 2. The zero-order valence-corrected chi connectivity index (χ0v) is 11.3. The average molecular weight is 320 g/mol. The number of anilines is 1. The van der Waals surface area contributed by atoms with Gasteiger partial charge in [-0.2, -0.15) is 0 Å². The van der Waals surface area contributed by atoms with Crippen LogP contribution in [0.3, 0.4) is 0 Å². The number of carbonyl (C=O) groups is 1. The highest BCUT2D eigenvalue weighted by atomic mass is 79.9. The highest BCUT2D eigenvalue weighted by Crippen LogP contribution is 2.39. The van der Waals surface area contributed by atoms with E-state index in [0.717, 1.165) is 0 Å². The lowest BCUT2D eigenvalue weighted by atomic mass is 10.1. The van der Waals surface area contributed by atoms with Gasteiger partial charge in [-0.1, -0.05) is 11.6 Å². The molecule has 1 heterocycles. The molecule has 17 heavy (non-hydrogen) atoms. The molecule has 0 aliphatic carbocycles. The molecule has 1 aliphatic rings.